The third kappa shape index (κ3) is 7.08. The van der Waals surface area contributed by atoms with Crippen molar-refractivity contribution in [2.45, 2.75) is 45.7 Å². The minimum atomic E-state index is 0.0104. The number of phenolic OH excluding ortho intramolecular Hbond substituents is 2. The zero-order chi connectivity index (χ0) is 28.6. The van der Waals surface area contributed by atoms with Crippen LogP contribution in [0.2, 0.25) is 0 Å². The van der Waals surface area contributed by atoms with Gasteiger partial charge in [-0.2, -0.15) is 5.10 Å². The number of carbonyl (C=O) groups excluding carboxylic acids is 1. The number of nitrogens with one attached hydrogen (secondary N) is 1. The molecule has 0 spiro atoms. The second-order valence-corrected chi connectivity index (χ2v) is 10.9. The molecule has 1 amide bonds. The predicted molar refractivity (Wildman–Crippen MR) is 161 cm³/mol. The second-order valence-electron chi connectivity index (χ2n) is 10.9. The lowest BCUT2D eigenvalue weighted by molar-refractivity contribution is -0.138. The molecule has 40 heavy (non-hydrogen) atoms. The number of phenols is 2. The van der Waals surface area contributed by atoms with Crippen molar-refractivity contribution in [1.82, 2.24) is 15.1 Å². The highest BCUT2D eigenvalue weighted by Crippen LogP contribution is 2.34. The van der Waals surface area contributed by atoms with Crippen LogP contribution in [0.15, 0.2) is 59.3 Å². The van der Waals surface area contributed by atoms with Crippen LogP contribution in [0.4, 0.5) is 5.69 Å². The van der Waals surface area contributed by atoms with Crippen LogP contribution in [0.5, 0.6) is 11.5 Å². The van der Waals surface area contributed by atoms with Crippen molar-refractivity contribution in [2.75, 3.05) is 44.2 Å². The van der Waals surface area contributed by atoms with Crippen LogP contribution in [0.3, 0.4) is 0 Å². The maximum Gasteiger partial charge on any atom is 0.225 e. The van der Waals surface area contributed by atoms with E-state index < -0.39 is 0 Å². The average Bonchev–Trinajstić information content (AvgIpc) is 2.96. The topological polar surface area (TPSA) is 104 Å². The van der Waals surface area contributed by atoms with E-state index in [1.807, 2.05) is 41.8 Å². The van der Waals surface area contributed by atoms with E-state index >= 15 is 0 Å². The summed E-state index contributed by atoms with van der Waals surface area (Å²) in [5.41, 5.74) is 3.46. The second kappa shape index (κ2) is 13.6. The number of amides is 1. The zero-order valence-electron chi connectivity index (χ0n) is 23.7. The fourth-order valence-electron chi connectivity index (χ4n) is 5.48. The van der Waals surface area contributed by atoms with Crippen LogP contribution in [0, 0.1) is 5.92 Å². The Morgan fingerprint density at radius 2 is 1.77 bits per heavy atom. The Bertz CT molecular complexity index is 1210. The number of carbonyl (C=O) groups is 1. The largest absolute Gasteiger partial charge is 0.508 e. The standard InChI is InChI=1S/C31H42N6O3/c1-5-30(34-32-4)37(21-25-18-27(22(2)3)29(39)19-28(25)38)26-8-6-23(7-9-26)20-35-14-16-36(17-15-35)31(40)24-10-12-33-13-11-24/h5-9,18-19,22,24,33,38-39H,1,4,10-17,20-21H2,2-3H3/b34-30-. The van der Waals surface area contributed by atoms with Crippen molar-refractivity contribution in [2.24, 2.45) is 16.1 Å². The third-order valence-electron chi connectivity index (χ3n) is 7.84. The normalized spacial score (nSPS) is 17.2. The van der Waals surface area contributed by atoms with E-state index in [0.717, 1.165) is 69.9 Å². The van der Waals surface area contributed by atoms with Gasteiger partial charge >= 0.3 is 0 Å². The molecule has 2 saturated heterocycles. The number of piperazine rings is 1. The maximum atomic E-state index is 12.9. The molecule has 9 nitrogen and oxygen atoms in total. The molecule has 214 valence electrons. The van der Waals surface area contributed by atoms with Gasteiger partial charge in [-0.15, -0.1) is 5.10 Å². The smallest absolute Gasteiger partial charge is 0.225 e. The number of aromatic hydroxyl groups is 2. The number of hydrogen-bond acceptors (Lipinski definition) is 7. The molecule has 0 radical (unpaired) electrons. The number of hydrogen-bond donors (Lipinski definition) is 3. The summed E-state index contributed by atoms with van der Waals surface area (Å²) in [4.78, 5) is 19.2. The van der Waals surface area contributed by atoms with E-state index in [1.54, 1.807) is 6.08 Å². The zero-order valence-corrected chi connectivity index (χ0v) is 23.7. The van der Waals surface area contributed by atoms with Gasteiger partial charge in [0.25, 0.3) is 0 Å². The predicted octanol–water partition coefficient (Wildman–Crippen LogP) is 4.07. The highest BCUT2D eigenvalue weighted by atomic mass is 16.3. The first-order chi connectivity index (χ1) is 19.3. The highest BCUT2D eigenvalue weighted by Gasteiger charge is 2.28. The monoisotopic (exact) mass is 546 g/mol. The van der Waals surface area contributed by atoms with Gasteiger partial charge in [0.1, 0.15) is 11.5 Å². The van der Waals surface area contributed by atoms with Gasteiger partial charge in [-0.25, -0.2) is 0 Å². The Balaban J connectivity index is 1.44. The quantitative estimate of drug-likeness (QED) is 0.249. The first-order valence-corrected chi connectivity index (χ1v) is 14.1. The maximum absolute atomic E-state index is 12.9. The van der Waals surface area contributed by atoms with Crippen molar-refractivity contribution in [3.05, 3.63) is 65.7 Å². The Kier molecular flexibility index (Phi) is 9.95. The summed E-state index contributed by atoms with van der Waals surface area (Å²) in [7, 11) is 0. The molecule has 2 heterocycles. The Morgan fingerprint density at radius 1 is 1.10 bits per heavy atom. The fourth-order valence-corrected chi connectivity index (χ4v) is 5.48. The van der Waals surface area contributed by atoms with E-state index in [0.29, 0.717) is 23.9 Å². The molecule has 2 aliphatic heterocycles. The first-order valence-electron chi connectivity index (χ1n) is 14.1. The van der Waals surface area contributed by atoms with Gasteiger partial charge in [-0.1, -0.05) is 32.6 Å². The van der Waals surface area contributed by atoms with Gasteiger partial charge in [-0.3, -0.25) is 9.69 Å². The molecule has 3 N–H and O–H groups in total. The van der Waals surface area contributed by atoms with Gasteiger partial charge < -0.3 is 25.3 Å². The molecule has 0 unspecified atom stereocenters. The SMILES string of the molecule is C=C/C(=N/N=C)N(Cc1cc(C(C)C)c(O)cc1O)c1ccc(CN2CCN(C(=O)C3CCNCC3)CC2)cc1. The minimum Gasteiger partial charge on any atom is -0.508 e. The summed E-state index contributed by atoms with van der Waals surface area (Å²) in [6.45, 7) is 17.6. The van der Waals surface area contributed by atoms with E-state index in [1.165, 1.54) is 11.6 Å². The highest BCUT2D eigenvalue weighted by molar-refractivity contribution is 6.05. The average molecular weight is 547 g/mol. The molecule has 0 aromatic heterocycles. The van der Waals surface area contributed by atoms with Crippen LogP contribution in [-0.4, -0.2) is 77.7 Å². The van der Waals surface area contributed by atoms with Crippen molar-refractivity contribution in [3.8, 4) is 11.5 Å². The Labute approximate surface area is 237 Å². The van der Waals surface area contributed by atoms with Crippen molar-refractivity contribution in [1.29, 1.82) is 0 Å². The van der Waals surface area contributed by atoms with Crippen molar-refractivity contribution < 1.29 is 15.0 Å². The van der Waals surface area contributed by atoms with Gasteiger partial charge in [0.2, 0.25) is 5.91 Å². The molecule has 2 aromatic rings. The van der Waals surface area contributed by atoms with Crippen LogP contribution in [0.25, 0.3) is 0 Å². The van der Waals surface area contributed by atoms with E-state index in [4.69, 9.17) is 0 Å². The van der Waals surface area contributed by atoms with E-state index in [-0.39, 0.29) is 23.3 Å². The minimum absolute atomic E-state index is 0.0104. The lowest BCUT2D eigenvalue weighted by Gasteiger charge is -2.37. The van der Waals surface area contributed by atoms with Gasteiger partial charge in [0, 0.05) is 62.7 Å². The summed E-state index contributed by atoms with van der Waals surface area (Å²) in [6.07, 6.45) is 3.48. The molecular weight excluding hydrogens is 504 g/mol. The third-order valence-corrected chi connectivity index (χ3v) is 7.84. The van der Waals surface area contributed by atoms with Gasteiger partial charge in [0.15, 0.2) is 5.84 Å². The number of rotatable bonds is 9. The number of benzene rings is 2. The van der Waals surface area contributed by atoms with Crippen LogP contribution < -0.4 is 10.2 Å². The number of piperidine rings is 1. The molecule has 0 saturated carbocycles. The van der Waals surface area contributed by atoms with Crippen molar-refractivity contribution in [3.63, 3.8) is 0 Å². The number of anilines is 1. The van der Waals surface area contributed by atoms with E-state index in [9.17, 15) is 15.0 Å². The molecule has 0 aliphatic carbocycles. The molecule has 2 aliphatic rings. The van der Waals surface area contributed by atoms with Gasteiger partial charge in [0.05, 0.1) is 6.54 Å². The van der Waals surface area contributed by atoms with Crippen molar-refractivity contribution >= 4 is 24.1 Å². The lowest BCUT2D eigenvalue weighted by Crippen LogP contribution is -2.51. The molecule has 0 bridgehead atoms. The number of amidine groups is 1. The Hall–Kier alpha value is -3.69. The fraction of sp³-hybridized carbons (Fsp3) is 0.452. The summed E-state index contributed by atoms with van der Waals surface area (Å²) < 4.78 is 0. The van der Waals surface area contributed by atoms with E-state index in [2.05, 4.69) is 45.8 Å². The molecule has 2 fully saturated rings. The summed E-state index contributed by atoms with van der Waals surface area (Å²) in [5.74, 6) is 1.17. The summed E-state index contributed by atoms with van der Waals surface area (Å²) in [5, 5.41) is 32.1. The molecule has 0 atom stereocenters. The van der Waals surface area contributed by atoms with Crippen LogP contribution >= 0.6 is 0 Å². The summed E-state index contributed by atoms with van der Waals surface area (Å²) >= 11 is 0. The van der Waals surface area contributed by atoms with Crippen LogP contribution in [-0.2, 0) is 17.9 Å². The molecule has 4 rings (SSSR count). The van der Waals surface area contributed by atoms with Crippen LogP contribution in [0.1, 0.15) is 49.3 Å². The number of nitrogens with zero attached hydrogens (tertiary/aromatic N) is 5. The summed E-state index contributed by atoms with van der Waals surface area (Å²) in [6, 6.07) is 11.4. The Morgan fingerprint density at radius 3 is 2.38 bits per heavy atom. The lowest BCUT2D eigenvalue weighted by atomic mass is 9.96. The van der Waals surface area contributed by atoms with Gasteiger partial charge in [-0.05, 0) is 67.3 Å². The molecular formula is C31H42N6O3. The first kappa shape index (κ1) is 29.3. The molecule has 9 heteroatoms. The molecule has 2 aromatic carbocycles.